The van der Waals surface area contributed by atoms with Crippen LogP contribution < -0.4 is 9.64 Å². The molecule has 1 saturated heterocycles. The van der Waals surface area contributed by atoms with Gasteiger partial charge in [-0.25, -0.2) is 0 Å². The molecule has 0 amide bonds. The molecule has 152 valence electrons. The van der Waals surface area contributed by atoms with Crippen molar-refractivity contribution in [1.82, 2.24) is 4.90 Å². The Labute approximate surface area is 167 Å². The highest BCUT2D eigenvalue weighted by atomic mass is 35.5. The van der Waals surface area contributed by atoms with E-state index in [1.54, 1.807) is 0 Å². The van der Waals surface area contributed by atoms with E-state index in [1.165, 1.54) is 12.1 Å². The molecule has 1 aliphatic rings. The molecule has 1 atom stereocenters. The molecule has 1 N–H and O–H groups in total. The van der Waals surface area contributed by atoms with Crippen molar-refractivity contribution >= 4 is 17.3 Å². The average Bonchev–Trinajstić information content (AvgIpc) is 2.67. The van der Waals surface area contributed by atoms with E-state index in [2.05, 4.69) is 9.80 Å². The van der Waals surface area contributed by atoms with Crippen molar-refractivity contribution in [3.8, 4) is 5.75 Å². The molecule has 0 aromatic heterocycles. The Kier molecular flexibility index (Phi) is 6.69. The summed E-state index contributed by atoms with van der Waals surface area (Å²) in [5.41, 5.74) is 0.358. The van der Waals surface area contributed by atoms with Crippen LogP contribution in [0.25, 0.3) is 0 Å². The van der Waals surface area contributed by atoms with Crippen LogP contribution in [0, 0.1) is 0 Å². The first-order valence-corrected chi connectivity index (χ1v) is 9.40. The van der Waals surface area contributed by atoms with Crippen LogP contribution in [-0.2, 0) is 6.18 Å². The minimum absolute atomic E-state index is 0.0277. The van der Waals surface area contributed by atoms with Gasteiger partial charge in [0.05, 0.1) is 5.56 Å². The van der Waals surface area contributed by atoms with Gasteiger partial charge in [0.1, 0.15) is 18.5 Å². The number of halogens is 4. The number of nitrogens with zero attached hydrogens (tertiary/aromatic N) is 2. The maximum atomic E-state index is 12.6. The van der Waals surface area contributed by atoms with Gasteiger partial charge in [-0.3, -0.25) is 4.90 Å². The number of benzene rings is 2. The second kappa shape index (κ2) is 9.03. The molecule has 1 aliphatic heterocycles. The number of rotatable bonds is 6. The first-order valence-electron chi connectivity index (χ1n) is 9.02. The van der Waals surface area contributed by atoms with Crippen molar-refractivity contribution in [3.05, 3.63) is 59.1 Å². The van der Waals surface area contributed by atoms with Crippen molar-refractivity contribution in [2.45, 2.75) is 12.3 Å². The van der Waals surface area contributed by atoms with E-state index in [0.717, 1.165) is 44.0 Å². The molecule has 28 heavy (non-hydrogen) atoms. The summed E-state index contributed by atoms with van der Waals surface area (Å²) in [6, 6.07) is 12.2. The van der Waals surface area contributed by atoms with Gasteiger partial charge in [0.15, 0.2) is 0 Å². The van der Waals surface area contributed by atoms with E-state index in [1.807, 2.05) is 24.3 Å². The number of hydrogen-bond donors (Lipinski definition) is 1. The number of aliphatic hydroxyl groups is 1. The van der Waals surface area contributed by atoms with Crippen LogP contribution in [0.5, 0.6) is 5.75 Å². The first kappa shape index (κ1) is 20.8. The third-order valence-electron chi connectivity index (χ3n) is 4.64. The molecule has 4 nitrogen and oxygen atoms in total. The minimum atomic E-state index is -4.37. The summed E-state index contributed by atoms with van der Waals surface area (Å²) in [6.07, 6.45) is -5.09. The standard InChI is InChI=1S/C20H22ClF3N2O2/c21-16-2-1-3-17(12-16)26-10-8-25(9-11-26)13-18(27)14-28-19-6-4-15(5-7-19)20(22,23)24/h1-7,12,18,27H,8-11,13-14H2/t18-/m1/s1. The van der Waals surface area contributed by atoms with Crippen molar-refractivity contribution in [3.63, 3.8) is 0 Å². The summed E-state index contributed by atoms with van der Waals surface area (Å²) in [4.78, 5) is 4.38. The predicted molar refractivity (Wildman–Crippen MR) is 103 cm³/mol. The largest absolute Gasteiger partial charge is 0.491 e. The SMILES string of the molecule is O[C@@H](COc1ccc(C(F)(F)F)cc1)CN1CCN(c2cccc(Cl)c2)CC1. The Hall–Kier alpha value is -1.96. The zero-order valence-corrected chi connectivity index (χ0v) is 16.0. The van der Waals surface area contributed by atoms with Gasteiger partial charge >= 0.3 is 6.18 Å². The van der Waals surface area contributed by atoms with E-state index in [9.17, 15) is 18.3 Å². The molecular formula is C20H22ClF3N2O2. The quantitative estimate of drug-likeness (QED) is 0.777. The smallest absolute Gasteiger partial charge is 0.416 e. The van der Waals surface area contributed by atoms with Gasteiger partial charge in [-0.2, -0.15) is 13.2 Å². The molecule has 0 saturated carbocycles. The highest BCUT2D eigenvalue weighted by Gasteiger charge is 2.30. The van der Waals surface area contributed by atoms with Gasteiger partial charge in [-0.1, -0.05) is 17.7 Å². The van der Waals surface area contributed by atoms with Gasteiger partial charge in [0.25, 0.3) is 0 Å². The molecular weight excluding hydrogens is 393 g/mol. The number of alkyl halides is 3. The van der Waals surface area contributed by atoms with Crippen LogP contribution in [0.1, 0.15) is 5.56 Å². The highest BCUT2D eigenvalue weighted by Crippen LogP contribution is 2.30. The lowest BCUT2D eigenvalue weighted by Crippen LogP contribution is -2.49. The minimum Gasteiger partial charge on any atom is -0.491 e. The molecule has 0 radical (unpaired) electrons. The summed E-state index contributed by atoms with van der Waals surface area (Å²) >= 11 is 6.04. The predicted octanol–water partition coefficient (Wildman–Crippen LogP) is 3.92. The summed E-state index contributed by atoms with van der Waals surface area (Å²) in [5.74, 6) is 0.304. The van der Waals surface area contributed by atoms with Gasteiger partial charge in [0.2, 0.25) is 0 Å². The lowest BCUT2D eigenvalue weighted by Gasteiger charge is -2.36. The van der Waals surface area contributed by atoms with E-state index in [-0.39, 0.29) is 6.61 Å². The summed E-state index contributed by atoms with van der Waals surface area (Å²) < 4.78 is 43.1. The number of aliphatic hydroxyl groups excluding tert-OH is 1. The number of ether oxygens (including phenoxy) is 1. The van der Waals surface area contributed by atoms with Crippen molar-refractivity contribution in [2.75, 3.05) is 44.2 Å². The Morgan fingerprint density at radius 3 is 2.32 bits per heavy atom. The second-order valence-electron chi connectivity index (χ2n) is 6.75. The Bertz CT molecular complexity index is 763. The average molecular weight is 415 g/mol. The van der Waals surface area contributed by atoms with Crippen molar-refractivity contribution < 1.29 is 23.0 Å². The molecule has 3 rings (SSSR count). The Morgan fingerprint density at radius 2 is 1.71 bits per heavy atom. The van der Waals surface area contributed by atoms with Crippen LogP contribution in [0.2, 0.25) is 5.02 Å². The topological polar surface area (TPSA) is 35.9 Å². The second-order valence-corrected chi connectivity index (χ2v) is 7.19. The van der Waals surface area contributed by atoms with Crippen LogP contribution >= 0.6 is 11.6 Å². The fourth-order valence-corrected chi connectivity index (χ4v) is 3.33. The number of hydrogen-bond acceptors (Lipinski definition) is 4. The first-order chi connectivity index (χ1) is 13.3. The van der Waals surface area contributed by atoms with Gasteiger partial charge in [0, 0.05) is 43.4 Å². The maximum absolute atomic E-state index is 12.6. The van der Waals surface area contributed by atoms with Crippen LogP contribution in [0.15, 0.2) is 48.5 Å². The van der Waals surface area contributed by atoms with E-state index in [0.29, 0.717) is 17.3 Å². The third kappa shape index (κ3) is 5.77. The molecule has 0 bridgehead atoms. The molecule has 2 aromatic carbocycles. The van der Waals surface area contributed by atoms with Crippen molar-refractivity contribution in [2.24, 2.45) is 0 Å². The van der Waals surface area contributed by atoms with E-state index in [4.69, 9.17) is 16.3 Å². The lowest BCUT2D eigenvalue weighted by molar-refractivity contribution is -0.137. The Balaban J connectivity index is 1.41. The normalized spacial score (nSPS) is 16.8. The number of β-amino-alcohol motifs (C(OH)–C–C–N with tert-alkyl or cyclic N) is 1. The summed E-state index contributed by atoms with van der Waals surface area (Å²) in [5, 5.41) is 10.9. The zero-order valence-electron chi connectivity index (χ0n) is 15.2. The Morgan fingerprint density at radius 1 is 1.04 bits per heavy atom. The zero-order chi connectivity index (χ0) is 20.1. The fourth-order valence-electron chi connectivity index (χ4n) is 3.14. The van der Waals surface area contributed by atoms with Crippen LogP contribution in [0.3, 0.4) is 0 Å². The molecule has 0 unspecified atom stereocenters. The molecule has 0 aliphatic carbocycles. The van der Waals surface area contributed by atoms with Crippen LogP contribution in [-0.4, -0.2) is 55.4 Å². The monoisotopic (exact) mass is 414 g/mol. The fraction of sp³-hybridized carbons (Fsp3) is 0.400. The van der Waals surface area contributed by atoms with E-state index >= 15 is 0 Å². The summed E-state index contributed by atoms with van der Waals surface area (Å²) in [7, 11) is 0. The highest BCUT2D eigenvalue weighted by molar-refractivity contribution is 6.30. The third-order valence-corrected chi connectivity index (χ3v) is 4.87. The molecule has 1 fully saturated rings. The summed E-state index contributed by atoms with van der Waals surface area (Å²) in [6.45, 7) is 3.72. The number of piperazine rings is 1. The maximum Gasteiger partial charge on any atom is 0.416 e. The van der Waals surface area contributed by atoms with Gasteiger partial charge in [-0.05, 0) is 42.5 Å². The van der Waals surface area contributed by atoms with Crippen LogP contribution in [0.4, 0.5) is 18.9 Å². The molecule has 0 spiro atoms. The molecule has 2 aromatic rings. The van der Waals surface area contributed by atoms with Gasteiger partial charge < -0.3 is 14.7 Å². The van der Waals surface area contributed by atoms with E-state index < -0.39 is 17.8 Å². The molecule has 8 heteroatoms. The molecule has 1 heterocycles. The number of anilines is 1. The van der Waals surface area contributed by atoms with Gasteiger partial charge in [-0.15, -0.1) is 0 Å². The lowest BCUT2D eigenvalue weighted by atomic mass is 10.2. The van der Waals surface area contributed by atoms with Crippen molar-refractivity contribution in [1.29, 1.82) is 0 Å².